The number of allylic oxidation sites excluding steroid dienone is 4. The van der Waals surface area contributed by atoms with Gasteiger partial charge in [0, 0.05) is 33.3 Å². The minimum atomic E-state index is 0.919. The molecule has 0 unspecified atom stereocenters. The summed E-state index contributed by atoms with van der Waals surface area (Å²) < 4.78 is 0. The highest BCUT2D eigenvalue weighted by Gasteiger charge is 2.31. The quantitative estimate of drug-likeness (QED) is 0.0766. The van der Waals surface area contributed by atoms with E-state index in [1.165, 1.54) is 150 Å². The number of H-pyrrole nitrogens is 2. The summed E-state index contributed by atoms with van der Waals surface area (Å²) in [7, 11) is 0. The maximum Gasteiger partial charge on any atom is 0.0772 e. The molecule has 4 nitrogen and oxygen atoms in total. The van der Waals surface area contributed by atoms with E-state index in [0.29, 0.717) is 0 Å². The number of aromatic nitrogens is 4. The average Bonchev–Trinajstić information content (AvgIpc) is 4.09. The topological polar surface area (TPSA) is 57.4 Å². The number of unbranched alkanes of at least 4 members (excludes halogenated alkanes) is 6. The van der Waals surface area contributed by atoms with Gasteiger partial charge < -0.3 is 9.97 Å². The van der Waals surface area contributed by atoms with Gasteiger partial charge in [0.15, 0.2) is 0 Å². The maximum atomic E-state index is 6.03. The van der Waals surface area contributed by atoms with Crippen LogP contribution < -0.4 is 0 Å². The predicted molar refractivity (Wildman–Crippen MR) is 280 cm³/mol. The lowest BCUT2D eigenvalue weighted by Crippen LogP contribution is -1.98. The number of nitrogens with zero attached hydrogens (tertiary/aromatic N) is 2. The molecule has 0 spiro atoms. The molecule has 0 aliphatic carbocycles. The van der Waals surface area contributed by atoms with Crippen molar-refractivity contribution in [2.75, 3.05) is 0 Å². The fourth-order valence-electron chi connectivity index (χ4n) is 11.3. The summed E-state index contributed by atoms with van der Waals surface area (Å²) >= 11 is 0. The number of aromatic amines is 2. The van der Waals surface area contributed by atoms with E-state index < -0.39 is 0 Å². The molecule has 0 amide bonds. The van der Waals surface area contributed by atoms with Crippen LogP contribution in [0.2, 0.25) is 0 Å². The third kappa shape index (κ3) is 8.76. The van der Waals surface area contributed by atoms with Crippen molar-refractivity contribution in [3.63, 3.8) is 0 Å². The lowest BCUT2D eigenvalue weighted by Gasteiger charge is -2.13. The van der Waals surface area contributed by atoms with Crippen LogP contribution in [0.3, 0.4) is 0 Å². The first-order chi connectivity index (χ1) is 31.4. The average molecular weight is 855 g/mol. The first kappa shape index (κ1) is 47.0. The number of hydrogen-bond acceptors (Lipinski definition) is 2. The van der Waals surface area contributed by atoms with Crippen LogP contribution in [0.5, 0.6) is 0 Å². The molecule has 64 heavy (non-hydrogen) atoms. The largest absolute Gasteiger partial charge is 0.354 e. The first-order valence-corrected chi connectivity index (χ1v) is 25.8. The minimum Gasteiger partial charge on any atom is -0.354 e. The van der Waals surface area contributed by atoms with Crippen molar-refractivity contribution in [2.45, 2.75) is 185 Å². The molecule has 0 radical (unpaired) electrons. The molecule has 0 saturated carbocycles. The zero-order valence-corrected chi connectivity index (χ0v) is 41.4. The van der Waals surface area contributed by atoms with Crippen LogP contribution in [-0.4, -0.2) is 19.9 Å². The van der Waals surface area contributed by atoms with Gasteiger partial charge in [0.25, 0.3) is 0 Å². The van der Waals surface area contributed by atoms with Crippen LogP contribution in [0.4, 0.5) is 0 Å². The van der Waals surface area contributed by atoms with E-state index in [4.69, 9.17) is 9.97 Å². The van der Waals surface area contributed by atoms with E-state index in [0.717, 1.165) is 88.4 Å². The van der Waals surface area contributed by atoms with Crippen LogP contribution in [0, 0.1) is 0 Å². The molecule has 0 saturated heterocycles. The Kier molecular flexibility index (Phi) is 16.0. The zero-order chi connectivity index (χ0) is 45.3. The Morgan fingerprint density at radius 1 is 0.328 bits per heavy atom. The van der Waals surface area contributed by atoms with Gasteiger partial charge in [-0.25, -0.2) is 9.97 Å². The zero-order valence-electron chi connectivity index (χ0n) is 41.4. The number of aryl methyl sites for hydroxylation is 6. The SMILES string of the molecule is CCCCCCc1c2nc(c(-c3ccccc3)c3nc(c(CCCCCC)c4[nH]c(c(CC)c4CC)c(-c4ccccc4)c4[nH]c1c(CC)c4CC)C(CC)=C3CC)C(CC)=C2CC. The standard InChI is InChI=1S/C60H78N4/c1-11-21-23-31-37-49-53-41(13-3)45(17-7)57(61-53)51(39-33-27-25-28-34-39)59-47(19-9)43(15-5)55(63-59)50(38-32-24-22-12-2)56-44(16-6)48(20-10)60(64-56)52(40-35-29-26-30-36-40)58-46(18-8)42(14-4)54(49)62-58/h25-30,33-36,61,63H,11-24,31-32,37-38H2,1-10H3. The molecule has 0 fully saturated rings. The second-order valence-corrected chi connectivity index (χ2v) is 18.1. The summed E-state index contributed by atoms with van der Waals surface area (Å²) in [4.78, 5) is 20.7. The van der Waals surface area contributed by atoms with Crippen LogP contribution >= 0.6 is 0 Å². The van der Waals surface area contributed by atoms with Gasteiger partial charge in [-0.2, -0.15) is 0 Å². The molecule has 2 aliphatic rings. The molecule has 5 aromatic rings. The monoisotopic (exact) mass is 855 g/mol. The number of hydrogen-bond donors (Lipinski definition) is 2. The smallest absolute Gasteiger partial charge is 0.0772 e. The summed E-state index contributed by atoms with van der Waals surface area (Å²) in [6, 6.07) is 22.4. The van der Waals surface area contributed by atoms with Gasteiger partial charge in [-0.3, -0.25) is 0 Å². The predicted octanol–water partition coefficient (Wildman–Crippen LogP) is 17.6. The second kappa shape index (κ2) is 21.8. The second-order valence-electron chi connectivity index (χ2n) is 18.1. The van der Waals surface area contributed by atoms with Gasteiger partial charge in [-0.05, 0) is 133 Å². The molecule has 0 atom stereocenters. The Balaban J connectivity index is 1.87. The molecule has 4 heteroatoms. The van der Waals surface area contributed by atoms with Gasteiger partial charge in [0.05, 0.1) is 33.8 Å². The Morgan fingerprint density at radius 3 is 1.02 bits per heavy atom. The number of fused-ring (bicyclic) bond motifs is 8. The van der Waals surface area contributed by atoms with E-state index in [2.05, 4.69) is 140 Å². The van der Waals surface area contributed by atoms with Gasteiger partial charge >= 0.3 is 0 Å². The van der Waals surface area contributed by atoms with E-state index in [9.17, 15) is 0 Å². The summed E-state index contributed by atoms with van der Waals surface area (Å²) in [6.07, 6.45) is 19.2. The van der Waals surface area contributed by atoms with Crippen LogP contribution in [0.15, 0.2) is 60.7 Å². The van der Waals surface area contributed by atoms with E-state index in [1.807, 2.05) is 0 Å². The van der Waals surface area contributed by atoms with Crippen molar-refractivity contribution in [1.29, 1.82) is 0 Å². The third-order valence-corrected chi connectivity index (χ3v) is 14.4. The molecule has 2 aromatic carbocycles. The highest BCUT2D eigenvalue weighted by molar-refractivity contribution is 6.05. The summed E-state index contributed by atoms with van der Waals surface area (Å²) in [6.45, 7) is 23.5. The molecule has 7 rings (SSSR count). The van der Waals surface area contributed by atoms with Crippen molar-refractivity contribution >= 4 is 44.4 Å². The number of benzene rings is 2. The van der Waals surface area contributed by atoms with Crippen LogP contribution in [0.25, 0.3) is 66.6 Å². The highest BCUT2D eigenvalue weighted by Crippen LogP contribution is 2.48. The van der Waals surface area contributed by atoms with Gasteiger partial charge in [-0.1, -0.05) is 168 Å². The summed E-state index contributed by atoms with van der Waals surface area (Å²) in [5.41, 5.74) is 28.9. The summed E-state index contributed by atoms with van der Waals surface area (Å²) in [5.74, 6) is 0. The lowest BCUT2D eigenvalue weighted by atomic mass is 9.89. The van der Waals surface area contributed by atoms with Crippen molar-refractivity contribution in [2.24, 2.45) is 0 Å². The molecular weight excluding hydrogens is 777 g/mol. The molecule has 8 bridgehead atoms. The Hall–Kier alpha value is -4.96. The Labute approximate surface area is 386 Å². The van der Waals surface area contributed by atoms with Crippen molar-refractivity contribution in [3.8, 4) is 22.3 Å². The molecule has 3 aromatic heterocycles. The fourth-order valence-corrected chi connectivity index (χ4v) is 11.3. The van der Waals surface area contributed by atoms with E-state index in [1.54, 1.807) is 0 Å². The van der Waals surface area contributed by atoms with Crippen molar-refractivity contribution in [3.05, 3.63) is 117 Å². The lowest BCUT2D eigenvalue weighted by molar-refractivity contribution is 0.666. The normalized spacial score (nSPS) is 12.9. The van der Waals surface area contributed by atoms with Gasteiger partial charge in [0.1, 0.15) is 0 Å². The van der Waals surface area contributed by atoms with Crippen LogP contribution in [-0.2, 0) is 38.5 Å². The Morgan fingerprint density at radius 2 is 0.672 bits per heavy atom. The highest BCUT2D eigenvalue weighted by atomic mass is 14.8. The third-order valence-electron chi connectivity index (χ3n) is 14.4. The van der Waals surface area contributed by atoms with E-state index >= 15 is 0 Å². The molecule has 2 N–H and O–H groups in total. The molecule has 338 valence electrons. The number of nitrogens with one attached hydrogen (secondary N) is 2. The Bertz CT molecular complexity index is 2500. The van der Waals surface area contributed by atoms with Crippen molar-refractivity contribution in [1.82, 2.24) is 19.9 Å². The number of rotatable bonds is 20. The molecule has 2 aliphatic heterocycles. The first-order valence-electron chi connectivity index (χ1n) is 25.8. The molecule has 5 heterocycles. The van der Waals surface area contributed by atoms with Gasteiger partial charge in [-0.15, -0.1) is 0 Å². The maximum absolute atomic E-state index is 6.03. The summed E-state index contributed by atoms with van der Waals surface area (Å²) in [5, 5.41) is 0. The van der Waals surface area contributed by atoms with E-state index in [-0.39, 0.29) is 0 Å². The van der Waals surface area contributed by atoms with Crippen molar-refractivity contribution < 1.29 is 0 Å². The molecular formula is C60H78N4. The fraction of sp³-hybridized carbons (Fsp3) is 0.467. The van der Waals surface area contributed by atoms with Gasteiger partial charge in [0.2, 0.25) is 0 Å². The minimum absolute atomic E-state index is 0.919. The van der Waals surface area contributed by atoms with Crippen LogP contribution in [0.1, 0.15) is 202 Å².